The SMILES string of the molecule is N#Cc1c(N2C(=O)[C@@H]3C(CC(N)=O)NC4(C(=O)Nc5ccc(Cl)cc54)[C@@H]3C2=O)sc2c1CCCC2. The number of nitrogens with one attached hydrogen (secondary N) is 2. The highest BCUT2D eigenvalue weighted by molar-refractivity contribution is 7.17. The molecule has 35 heavy (non-hydrogen) atoms. The van der Waals surface area contributed by atoms with Crippen LogP contribution in [0, 0.1) is 23.2 Å². The quantitative estimate of drug-likeness (QED) is 0.539. The van der Waals surface area contributed by atoms with Crippen LogP contribution in [0.25, 0.3) is 0 Å². The Kier molecular flexibility index (Phi) is 4.84. The molecule has 4 heterocycles. The van der Waals surface area contributed by atoms with Gasteiger partial charge in [0.05, 0.1) is 17.4 Å². The molecule has 2 fully saturated rings. The second-order valence-electron chi connectivity index (χ2n) is 9.39. The molecule has 0 radical (unpaired) electrons. The lowest BCUT2D eigenvalue weighted by molar-refractivity contribution is -0.130. The number of aryl methyl sites for hydroxylation is 1. The highest BCUT2D eigenvalue weighted by atomic mass is 35.5. The molecule has 6 rings (SSSR count). The van der Waals surface area contributed by atoms with Gasteiger partial charge in [-0.3, -0.25) is 24.5 Å². The summed E-state index contributed by atoms with van der Waals surface area (Å²) in [5.74, 6) is -4.38. The molecule has 2 aromatic rings. The van der Waals surface area contributed by atoms with Crippen LogP contribution in [-0.4, -0.2) is 29.7 Å². The lowest BCUT2D eigenvalue weighted by Gasteiger charge is -2.29. The van der Waals surface area contributed by atoms with Crippen LogP contribution in [0.4, 0.5) is 10.7 Å². The third-order valence-electron chi connectivity index (χ3n) is 7.57. The minimum Gasteiger partial charge on any atom is -0.370 e. The minimum absolute atomic E-state index is 0.231. The highest BCUT2D eigenvalue weighted by Gasteiger charge is 2.71. The molecular weight excluding hydrogens is 490 g/mol. The molecular formula is C24H20ClN5O4S. The van der Waals surface area contributed by atoms with Crippen molar-refractivity contribution in [3.05, 3.63) is 44.8 Å². The molecule has 4 atom stereocenters. The van der Waals surface area contributed by atoms with Crippen molar-refractivity contribution in [2.75, 3.05) is 10.2 Å². The lowest BCUT2D eigenvalue weighted by atomic mass is 9.76. The smallest absolute Gasteiger partial charge is 0.250 e. The number of anilines is 2. The first-order valence-electron chi connectivity index (χ1n) is 11.4. The van der Waals surface area contributed by atoms with Gasteiger partial charge in [-0.2, -0.15) is 5.26 Å². The Hall–Kier alpha value is -3.26. The summed E-state index contributed by atoms with van der Waals surface area (Å²) in [7, 11) is 0. The van der Waals surface area contributed by atoms with Crippen molar-refractivity contribution in [1.29, 1.82) is 5.26 Å². The van der Waals surface area contributed by atoms with Gasteiger partial charge in [0.25, 0.3) is 0 Å². The van der Waals surface area contributed by atoms with Crippen LogP contribution in [-0.2, 0) is 37.6 Å². The molecule has 3 aliphatic heterocycles. The number of benzene rings is 1. The predicted molar refractivity (Wildman–Crippen MR) is 128 cm³/mol. The maximum Gasteiger partial charge on any atom is 0.250 e. The average molecular weight is 510 g/mol. The maximum absolute atomic E-state index is 14.0. The van der Waals surface area contributed by atoms with Gasteiger partial charge in [-0.1, -0.05) is 11.6 Å². The number of nitrogens with zero attached hydrogens (tertiary/aromatic N) is 2. The Morgan fingerprint density at radius 2 is 2.03 bits per heavy atom. The molecule has 1 spiro atoms. The number of halogens is 1. The summed E-state index contributed by atoms with van der Waals surface area (Å²) in [5, 5.41) is 16.5. The first-order chi connectivity index (χ1) is 16.8. The Morgan fingerprint density at radius 1 is 1.26 bits per heavy atom. The third-order valence-corrected chi connectivity index (χ3v) is 9.08. The number of primary amides is 1. The van der Waals surface area contributed by atoms with Crippen molar-refractivity contribution in [3.8, 4) is 6.07 Å². The number of amides is 4. The zero-order chi connectivity index (χ0) is 24.6. The fraction of sp³-hybridized carbons (Fsp3) is 0.375. The molecule has 4 N–H and O–H groups in total. The first-order valence-corrected chi connectivity index (χ1v) is 12.6. The summed E-state index contributed by atoms with van der Waals surface area (Å²) >= 11 is 7.54. The molecule has 4 amide bonds. The van der Waals surface area contributed by atoms with Gasteiger partial charge in [0.1, 0.15) is 16.6 Å². The summed E-state index contributed by atoms with van der Waals surface area (Å²) in [6, 6.07) is 6.22. The standard InChI is InChI=1S/C24H20ClN5O4S/c25-10-5-6-14-13(7-10)24(23(34)28-14)19-18(15(29-24)8-17(27)31)20(32)30(21(19)33)22-12(9-26)11-3-1-2-4-16(11)35-22/h5-7,15,18-19,29H,1-4,8H2,(H2,27,31)(H,28,34)/t15?,18-,19+,24?/m1/s1. The minimum atomic E-state index is -1.59. The molecule has 1 aliphatic carbocycles. The second kappa shape index (κ2) is 7.62. The van der Waals surface area contributed by atoms with Gasteiger partial charge in [0.2, 0.25) is 23.6 Å². The van der Waals surface area contributed by atoms with Crippen molar-refractivity contribution in [2.24, 2.45) is 17.6 Å². The zero-order valence-electron chi connectivity index (χ0n) is 18.4. The zero-order valence-corrected chi connectivity index (χ0v) is 20.0. The van der Waals surface area contributed by atoms with Gasteiger partial charge < -0.3 is 11.1 Å². The monoisotopic (exact) mass is 509 g/mol. The van der Waals surface area contributed by atoms with Crippen molar-refractivity contribution in [2.45, 2.75) is 43.7 Å². The van der Waals surface area contributed by atoms with Crippen molar-refractivity contribution < 1.29 is 19.2 Å². The van der Waals surface area contributed by atoms with E-state index in [0.29, 0.717) is 26.8 Å². The summed E-state index contributed by atoms with van der Waals surface area (Å²) in [5.41, 5.74) is 6.07. The first kappa shape index (κ1) is 22.2. The van der Waals surface area contributed by atoms with Crippen LogP contribution in [0.5, 0.6) is 0 Å². The van der Waals surface area contributed by atoms with Gasteiger partial charge in [-0.05, 0) is 49.4 Å². The summed E-state index contributed by atoms with van der Waals surface area (Å²) < 4.78 is 0. The number of thiophene rings is 1. The van der Waals surface area contributed by atoms with E-state index >= 15 is 0 Å². The van der Waals surface area contributed by atoms with E-state index in [0.717, 1.165) is 41.0 Å². The van der Waals surface area contributed by atoms with Gasteiger partial charge in [-0.15, -0.1) is 11.3 Å². The molecule has 2 saturated heterocycles. The van der Waals surface area contributed by atoms with Gasteiger partial charge >= 0.3 is 0 Å². The third kappa shape index (κ3) is 2.89. The Balaban J connectivity index is 1.53. The van der Waals surface area contributed by atoms with E-state index in [2.05, 4.69) is 16.7 Å². The van der Waals surface area contributed by atoms with Crippen LogP contribution in [0.15, 0.2) is 18.2 Å². The molecule has 2 unspecified atom stereocenters. The highest BCUT2D eigenvalue weighted by Crippen LogP contribution is 2.55. The van der Waals surface area contributed by atoms with Crippen LogP contribution in [0.2, 0.25) is 5.02 Å². The van der Waals surface area contributed by atoms with Gasteiger partial charge in [0.15, 0.2) is 0 Å². The molecule has 9 nitrogen and oxygen atoms in total. The van der Waals surface area contributed by atoms with E-state index in [1.165, 1.54) is 11.3 Å². The van der Waals surface area contributed by atoms with Crippen molar-refractivity contribution in [3.63, 3.8) is 0 Å². The summed E-state index contributed by atoms with van der Waals surface area (Å²) in [6.07, 6.45) is 3.21. The number of fused-ring (bicyclic) bond motifs is 5. The Labute approximate surface area is 209 Å². The molecule has 0 saturated carbocycles. The van der Waals surface area contributed by atoms with E-state index in [1.807, 2.05) is 0 Å². The van der Waals surface area contributed by atoms with E-state index in [-0.39, 0.29) is 6.42 Å². The number of rotatable bonds is 3. The molecule has 4 aliphatic rings. The molecule has 178 valence electrons. The van der Waals surface area contributed by atoms with Gasteiger partial charge in [-0.25, -0.2) is 4.90 Å². The molecule has 1 aromatic heterocycles. The van der Waals surface area contributed by atoms with Crippen molar-refractivity contribution in [1.82, 2.24) is 5.32 Å². The van der Waals surface area contributed by atoms with E-state index in [9.17, 15) is 24.4 Å². The summed E-state index contributed by atoms with van der Waals surface area (Å²) in [4.78, 5) is 55.3. The fourth-order valence-electron chi connectivity index (χ4n) is 6.19. The van der Waals surface area contributed by atoms with Crippen molar-refractivity contribution >= 4 is 57.3 Å². The van der Waals surface area contributed by atoms with Crippen LogP contribution in [0.3, 0.4) is 0 Å². The fourth-order valence-corrected chi connectivity index (χ4v) is 7.71. The number of hydrogen-bond donors (Lipinski definition) is 3. The Bertz CT molecular complexity index is 1400. The summed E-state index contributed by atoms with van der Waals surface area (Å²) in [6.45, 7) is 0. The molecule has 0 bridgehead atoms. The van der Waals surface area contributed by atoms with E-state index in [1.54, 1.807) is 18.2 Å². The molecule has 11 heteroatoms. The van der Waals surface area contributed by atoms with Crippen LogP contribution >= 0.6 is 22.9 Å². The average Bonchev–Trinajstić information content (AvgIpc) is 3.50. The van der Waals surface area contributed by atoms with Gasteiger partial charge in [0, 0.05) is 33.6 Å². The number of carbonyl (C=O) groups is 4. The van der Waals surface area contributed by atoms with E-state index < -0.39 is 47.0 Å². The number of nitrogens with two attached hydrogens (primary N) is 1. The van der Waals surface area contributed by atoms with Crippen LogP contribution in [0.1, 0.15) is 40.8 Å². The number of carbonyl (C=O) groups excluding carboxylic acids is 4. The molecule has 1 aromatic carbocycles. The van der Waals surface area contributed by atoms with Crippen LogP contribution < -0.4 is 21.3 Å². The lowest BCUT2D eigenvalue weighted by Crippen LogP contribution is -2.53. The topological polar surface area (TPSA) is 145 Å². The number of imide groups is 1. The largest absolute Gasteiger partial charge is 0.370 e. The number of hydrogen-bond acceptors (Lipinski definition) is 7. The Morgan fingerprint density at radius 3 is 2.77 bits per heavy atom. The second-order valence-corrected chi connectivity index (χ2v) is 10.9. The normalized spacial score (nSPS) is 28.6. The predicted octanol–water partition coefficient (Wildman–Crippen LogP) is 1.95. The number of nitriles is 1. The van der Waals surface area contributed by atoms with E-state index in [4.69, 9.17) is 17.3 Å². The maximum atomic E-state index is 14.0.